The van der Waals surface area contributed by atoms with E-state index in [0.717, 1.165) is 41.8 Å². The SMILES string of the molecule is CCCC1CC(=O)C2=C(C1)NC(C)=C(C#N)C2c1cc(Br)c(OCc2ccc(C(=O)OC)cc2)c(OCC)c1. The maximum absolute atomic E-state index is 13.4. The van der Waals surface area contributed by atoms with Crippen LogP contribution >= 0.6 is 15.9 Å². The third-order valence-corrected chi connectivity index (χ3v) is 7.74. The highest BCUT2D eigenvalue weighted by Gasteiger charge is 2.39. The van der Waals surface area contributed by atoms with Crippen LogP contribution in [0.2, 0.25) is 0 Å². The number of ketones is 1. The molecule has 2 unspecified atom stereocenters. The van der Waals surface area contributed by atoms with E-state index in [1.54, 1.807) is 12.1 Å². The average Bonchev–Trinajstić information content (AvgIpc) is 2.92. The first-order chi connectivity index (χ1) is 18.8. The summed E-state index contributed by atoms with van der Waals surface area (Å²) in [5.74, 6) is 0.589. The van der Waals surface area contributed by atoms with E-state index in [0.29, 0.717) is 51.6 Å². The highest BCUT2D eigenvalue weighted by Crippen LogP contribution is 2.47. The molecule has 1 aliphatic heterocycles. The van der Waals surface area contributed by atoms with Crippen molar-refractivity contribution in [3.63, 3.8) is 0 Å². The Balaban J connectivity index is 1.68. The molecule has 7 nitrogen and oxygen atoms in total. The van der Waals surface area contributed by atoms with Gasteiger partial charge in [0.2, 0.25) is 0 Å². The van der Waals surface area contributed by atoms with Gasteiger partial charge in [-0.25, -0.2) is 4.79 Å². The number of allylic oxidation sites excluding steroid dienone is 4. The molecule has 0 saturated heterocycles. The summed E-state index contributed by atoms with van der Waals surface area (Å²) in [7, 11) is 1.35. The summed E-state index contributed by atoms with van der Waals surface area (Å²) in [4.78, 5) is 25.2. The van der Waals surface area contributed by atoms with Crippen molar-refractivity contribution >= 4 is 27.7 Å². The summed E-state index contributed by atoms with van der Waals surface area (Å²) < 4.78 is 17.6. The van der Waals surface area contributed by atoms with Gasteiger partial charge in [0.05, 0.1) is 41.3 Å². The number of nitriles is 1. The van der Waals surface area contributed by atoms with Crippen molar-refractivity contribution in [2.45, 2.75) is 59.0 Å². The van der Waals surface area contributed by atoms with Crippen molar-refractivity contribution < 1.29 is 23.8 Å². The van der Waals surface area contributed by atoms with Crippen LogP contribution in [0, 0.1) is 17.2 Å². The Morgan fingerprint density at radius 1 is 1.15 bits per heavy atom. The molecular formula is C31H33BrN2O5. The van der Waals surface area contributed by atoms with Crippen LogP contribution in [-0.2, 0) is 16.1 Å². The minimum absolute atomic E-state index is 0.0947. The van der Waals surface area contributed by atoms with Crippen LogP contribution in [0.1, 0.15) is 73.9 Å². The number of rotatable bonds is 9. The van der Waals surface area contributed by atoms with Gasteiger partial charge in [-0.3, -0.25) is 4.79 Å². The maximum Gasteiger partial charge on any atom is 0.337 e. The number of dihydropyridines is 1. The maximum atomic E-state index is 13.4. The molecule has 204 valence electrons. The van der Waals surface area contributed by atoms with E-state index in [1.165, 1.54) is 7.11 Å². The third kappa shape index (κ3) is 6.04. The van der Waals surface area contributed by atoms with E-state index in [-0.39, 0.29) is 12.4 Å². The number of hydrogen-bond donors (Lipinski definition) is 1. The van der Waals surface area contributed by atoms with E-state index >= 15 is 0 Å². The third-order valence-electron chi connectivity index (χ3n) is 7.15. The second-order valence-electron chi connectivity index (χ2n) is 9.83. The molecule has 2 aliphatic rings. The summed E-state index contributed by atoms with van der Waals surface area (Å²) >= 11 is 3.66. The largest absolute Gasteiger partial charge is 0.490 e. The molecule has 0 saturated carbocycles. The molecule has 0 aromatic heterocycles. The molecule has 2 aromatic rings. The van der Waals surface area contributed by atoms with E-state index in [1.807, 2.05) is 38.1 Å². The summed E-state index contributed by atoms with van der Waals surface area (Å²) in [6, 6.07) is 13.1. The van der Waals surface area contributed by atoms with E-state index in [2.05, 4.69) is 34.2 Å². The Morgan fingerprint density at radius 2 is 1.90 bits per heavy atom. The number of carbonyl (C=O) groups is 2. The monoisotopic (exact) mass is 592 g/mol. The van der Waals surface area contributed by atoms with Gasteiger partial charge in [-0.15, -0.1) is 0 Å². The second kappa shape index (κ2) is 12.5. The van der Waals surface area contributed by atoms with Crippen LogP contribution in [0.25, 0.3) is 0 Å². The van der Waals surface area contributed by atoms with Gasteiger partial charge in [0, 0.05) is 23.4 Å². The van der Waals surface area contributed by atoms with Gasteiger partial charge < -0.3 is 19.5 Å². The fourth-order valence-corrected chi connectivity index (χ4v) is 5.96. The minimum Gasteiger partial charge on any atom is -0.490 e. The summed E-state index contributed by atoms with van der Waals surface area (Å²) in [5, 5.41) is 13.5. The van der Waals surface area contributed by atoms with E-state index < -0.39 is 11.9 Å². The molecule has 1 heterocycles. The van der Waals surface area contributed by atoms with Crippen molar-refractivity contribution in [3.05, 3.63) is 80.1 Å². The molecule has 39 heavy (non-hydrogen) atoms. The highest BCUT2D eigenvalue weighted by atomic mass is 79.9. The zero-order valence-electron chi connectivity index (χ0n) is 22.7. The molecule has 1 N–H and O–H groups in total. The summed E-state index contributed by atoms with van der Waals surface area (Å²) in [5.41, 5.74) is 5.05. The number of carbonyl (C=O) groups excluding carboxylic acids is 2. The van der Waals surface area contributed by atoms with Crippen LogP contribution in [0.4, 0.5) is 0 Å². The zero-order valence-corrected chi connectivity index (χ0v) is 24.3. The lowest BCUT2D eigenvalue weighted by Crippen LogP contribution is -2.34. The number of benzene rings is 2. The van der Waals surface area contributed by atoms with Crippen molar-refractivity contribution in [2.75, 3.05) is 13.7 Å². The molecule has 2 aromatic carbocycles. The molecule has 0 radical (unpaired) electrons. The van der Waals surface area contributed by atoms with Crippen LogP contribution in [0.3, 0.4) is 0 Å². The molecule has 4 rings (SSSR count). The predicted octanol–water partition coefficient (Wildman–Crippen LogP) is 6.73. The molecule has 0 spiro atoms. The molecule has 0 amide bonds. The van der Waals surface area contributed by atoms with E-state index in [9.17, 15) is 14.9 Å². The first-order valence-corrected chi connectivity index (χ1v) is 14.0. The normalized spacial score (nSPS) is 18.7. The lowest BCUT2D eigenvalue weighted by atomic mass is 9.72. The molecule has 2 atom stereocenters. The van der Waals surface area contributed by atoms with E-state index in [4.69, 9.17) is 14.2 Å². The van der Waals surface area contributed by atoms with Crippen LogP contribution in [-0.4, -0.2) is 25.5 Å². The minimum atomic E-state index is -0.475. The molecule has 8 heteroatoms. The van der Waals surface area contributed by atoms with Gasteiger partial charge in [0.1, 0.15) is 6.61 Å². The number of ether oxygens (including phenoxy) is 3. The van der Waals surface area contributed by atoms with Crippen molar-refractivity contribution in [2.24, 2.45) is 5.92 Å². The number of hydrogen-bond acceptors (Lipinski definition) is 7. The number of esters is 1. The number of nitrogens with one attached hydrogen (secondary N) is 1. The van der Waals surface area contributed by atoms with Crippen molar-refractivity contribution in [3.8, 4) is 17.6 Å². The number of nitrogens with zero attached hydrogens (tertiary/aromatic N) is 1. The Morgan fingerprint density at radius 3 is 2.54 bits per heavy atom. The fraction of sp³-hybridized carbons (Fsp3) is 0.387. The molecular weight excluding hydrogens is 560 g/mol. The quantitative estimate of drug-likeness (QED) is 0.322. The first kappa shape index (κ1) is 28.4. The Hall–Kier alpha value is -3.57. The number of methoxy groups -OCH3 is 1. The predicted molar refractivity (Wildman–Crippen MR) is 151 cm³/mol. The van der Waals surface area contributed by atoms with Gasteiger partial charge in [0.25, 0.3) is 0 Å². The standard InChI is InChI=1S/C31H33BrN2O5/c1-5-7-20-12-25-29(26(35)13-20)28(23(16-33)18(3)34-25)22-14-24(32)30(27(15-22)38-6-2)39-17-19-8-10-21(11-9-19)31(36)37-4/h8-11,14-15,20,28,34H,5-7,12-13,17H2,1-4H3. The van der Waals surface area contributed by atoms with Crippen LogP contribution < -0.4 is 14.8 Å². The van der Waals surface area contributed by atoms with Gasteiger partial charge in [-0.05, 0) is 83.9 Å². The van der Waals surface area contributed by atoms with Gasteiger partial charge >= 0.3 is 5.97 Å². The van der Waals surface area contributed by atoms with Crippen LogP contribution in [0.15, 0.2) is 63.4 Å². The molecule has 1 aliphatic carbocycles. The Bertz CT molecular complexity index is 1370. The Kier molecular flexibility index (Phi) is 9.13. The van der Waals surface area contributed by atoms with Gasteiger partial charge in [0.15, 0.2) is 17.3 Å². The molecule has 0 fully saturated rings. The van der Waals surface area contributed by atoms with Gasteiger partial charge in [-0.1, -0.05) is 25.5 Å². The highest BCUT2D eigenvalue weighted by molar-refractivity contribution is 9.10. The van der Waals surface area contributed by atoms with Crippen LogP contribution in [0.5, 0.6) is 11.5 Å². The molecule has 0 bridgehead atoms. The smallest absolute Gasteiger partial charge is 0.337 e. The topological polar surface area (TPSA) is 97.7 Å². The van der Waals surface area contributed by atoms with Crippen molar-refractivity contribution in [1.82, 2.24) is 5.32 Å². The lowest BCUT2D eigenvalue weighted by Gasteiger charge is -2.35. The summed E-state index contributed by atoms with van der Waals surface area (Å²) in [6.45, 7) is 6.59. The Labute approximate surface area is 238 Å². The average molecular weight is 594 g/mol. The summed E-state index contributed by atoms with van der Waals surface area (Å²) in [6.07, 6.45) is 3.33. The second-order valence-corrected chi connectivity index (χ2v) is 10.7. The van der Waals surface area contributed by atoms with Crippen molar-refractivity contribution in [1.29, 1.82) is 5.26 Å². The lowest BCUT2D eigenvalue weighted by molar-refractivity contribution is -0.117. The van der Waals surface area contributed by atoms with Gasteiger partial charge in [-0.2, -0.15) is 5.26 Å². The first-order valence-electron chi connectivity index (χ1n) is 13.2. The number of halogens is 1. The number of Topliss-reactive ketones (excluding diaryl/α,β-unsaturated/α-hetero) is 1. The fourth-order valence-electron chi connectivity index (χ4n) is 5.38. The zero-order chi connectivity index (χ0) is 28.1.